The van der Waals surface area contributed by atoms with Crippen LogP contribution in [0.25, 0.3) is 0 Å². The lowest BCUT2D eigenvalue weighted by molar-refractivity contribution is 0.176. The van der Waals surface area contributed by atoms with Crippen LogP contribution in [0.5, 0.6) is 0 Å². The molecule has 0 aromatic carbocycles. The lowest BCUT2D eigenvalue weighted by Crippen LogP contribution is -2.11. The summed E-state index contributed by atoms with van der Waals surface area (Å²) in [6.45, 7) is 8.97. The molecule has 0 aromatic heterocycles. The van der Waals surface area contributed by atoms with Crippen LogP contribution in [0.1, 0.15) is 98.3 Å². The van der Waals surface area contributed by atoms with Crippen LogP contribution in [0.3, 0.4) is 0 Å². The standard InChI is InChI=1S/C17H36O/c1-5-6-7-8-9-11-14-17(3,4)15-12-10-13-16(2)18/h16,18H,5-15H2,1-4H3. The van der Waals surface area contributed by atoms with Crippen molar-refractivity contribution in [2.24, 2.45) is 5.41 Å². The highest BCUT2D eigenvalue weighted by molar-refractivity contribution is 4.69. The molecule has 0 aliphatic rings. The molecule has 18 heavy (non-hydrogen) atoms. The molecule has 0 aliphatic carbocycles. The van der Waals surface area contributed by atoms with Crippen LogP contribution in [-0.4, -0.2) is 11.2 Å². The molecule has 0 bridgehead atoms. The van der Waals surface area contributed by atoms with Gasteiger partial charge >= 0.3 is 0 Å². The molecule has 0 spiro atoms. The zero-order valence-corrected chi connectivity index (χ0v) is 13.3. The number of aliphatic hydroxyl groups is 1. The molecule has 1 nitrogen and oxygen atoms in total. The molecule has 0 saturated carbocycles. The summed E-state index contributed by atoms with van der Waals surface area (Å²) in [5.41, 5.74) is 0.503. The topological polar surface area (TPSA) is 20.2 Å². The van der Waals surface area contributed by atoms with Gasteiger partial charge in [-0.05, 0) is 31.6 Å². The minimum absolute atomic E-state index is 0.119. The molecule has 0 aliphatic heterocycles. The number of aliphatic hydroxyl groups excluding tert-OH is 1. The summed E-state index contributed by atoms with van der Waals surface area (Å²) in [5, 5.41) is 9.23. The molecule has 1 atom stereocenters. The van der Waals surface area contributed by atoms with Gasteiger partial charge < -0.3 is 5.11 Å². The van der Waals surface area contributed by atoms with E-state index < -0.39 is 0 Å². The molecule has 1 unspecified atom stereocenters. The summed E-state index contributed by atoms with van der Waals surface area (Å²) in [6.07, 6.45) is 14.4. The van der Waals surface area contributed by atoms with Crippen molar-refractivity contribution < 1.29 is 5.11 Å². The molecule has 0 rings (SSSR count). The van der Waals surface area contributed by atoms with E-state index in [1.54, 1.807) is 0 Å². The summed E-state index contributed by atoms with van der Waals surface area (Å²) >= 11 is 0. The molecule has 0 amide bonds. The maximum atomic E-state index is 9.23. The summed E-state index contributed by atoms with van der Waals surface area (Å²) in [7, 11) is 0. The molecule has 0 fully saturated rings. The number of hydrogen-bond donors (Lipinski definition) is 1. The highest BCUT2D eigenvalue weighted by Gasteiger charge is 2.16. The van der Waals surface area contributed by atoms with E-state index in [-0.39, 0.29) is 6.10 Å². The van der Waals surface area contributed by atoms with Gasteiger partial charge in [-0.25, -0.2) is 0 Å². The average Bonchev–Trinajstić information content (AvgIpc) is 2.29. The van der Waals surface area contributed by atoms with Crippen LogP contribution in [0, 0.1) is 5.41 Å². The van der Waals surface area contributed by atoms with Crippen molar-refractivity contribution in [3.05, 3.63) is 0 Å². The van der Waals surface area contributed by atoms with E-state index >= 15 is 0 Å². The van der Waals surface area contributed by atoms with Crippen molar-refractivity contribution in [2.45, 2.75) is 104 Å². The molecular formula is C17H36O. The highest BCUT2D eigenvalue weighted by Crippen LogP contribution is 2.30. The molecule has 1 heteroatoms. The zero-order valence-electron chi connectivity index (χ0n) is 13.3. The van der Waals surface area contributed by atoms with E-state index in [4.69, 9.17) is 0 Å². The van der Waals surface area contributed by atoms with Crippen molar-refractivity contribution in [3.63, 3.8) is 0 Å². The van der Waals surface area contributed by atoms with E-state index in [1.165, 1.54) is 64.2 Å². The van der Waals surface area contributed by atoms with Crippen molar-refractivity contribution in [1.29, 1.82) is 0 Å². The summed E-state index contributed by atoms with van der Waals surface area (Å²) in [6, 6.07) is 0. The Morgan fingerprint density at radius 3 is 1.89 bits per heavy atom. The lowest BCUT2D eigenvalue weighted by Gasteiger charge is -2.24. The van der Waals surface area contributed by atoms with Gasteiger partial charge in [0.1, 0.15) is 0 Å². The molecule has 110 valence electrons. The molecule has 0 aromatic rings. The maximum Gasteiger partial charge on any atom is 0.0512 e. The van der Waals surface area contributed by atoms with Crippen LogP contribution in [0.15, 0.2) is 0 Å². The van der Waals surface area contributed by atoms with Crippen LogP contribution in [-0.2, 0) is 0 Å². The fraction of sp³-hybridized carbons (Fsp3) is 1.00. The Morgan fingerprint density at radius 2 is 1.33 bits per heavy atom. The Balaban J connectivity index is 3.42. The van der Waals surface area contributed by atoms with Crippen molar-refractivity contribution in [2.75, 3.05) is 0 Å². The first-order chi connectivity index (χ1) is 8.48. The van der Waals surface area contributed by atoms with E-state index in [2.05, 4.69) is 20.8 Å². The predicted octanol–water partition coefficient (Wildman–Crippen LogP) is 5.70. The summed E-state index contributed by atoms with van der Waals surface area (Å²) in [4.78, 5) is 0. The van der Waals surface area contributed by atoms with Gasteiger partial charge in [0.25, 0.3) is 0 Å². The monoisotopic (exact) mass is 256 g/mol. The van der Waals surface area contributed by atoms with Gasteiger partial charge in [-0.15, -0.1) is 0 Å². The third-order valence-electron chi connectivity index (χ3n) is 3.93. The van der Waals surface area contributed by atoms with E-state index in [0.29, 0.717) is 5.41 Å². The summed E-state index contributed by atoms with van der Waals surface area (Å²) in [5.74, 6) is 0. The Labute approximate surface area is 115 Å². The number of unbranched alkanes of at least 4 members (excludes halogenated alkanes) is 6. The van der Waals surface area contributed by atoms with E-state index in [9.17, 15) is 5.11 Å². The van der Waals surface area contributed by atoms with Crippen LogP contribution >= 0.6 is 0 Å². The van der Waals surface area contributed by atoms with Crippen molar-refractivity contribution in [1.82, 2.24) is 0 Å². The third-order valence-corrected chi connectivity index (χ3v) is 3.93. The first-order valence-corrected chi connectivity index (χ1v) is 8.16. The second-order valence-corrected chi connectivity index (χ2v) is 6.78. The lowest BCUT2D eigenvalue weighted by atomic mass is 9.82. The Hall–Kier alpha value is -0.0400. The smallest absolute Gasteiger partial charge is 0.0512 e. The quantitative estimate of drug-likeness (QED) is 0.444. The van der Waals surface area contributed by atoms with Gasteiger partial charge in [0, 0.05) is 0 Å². The van der Waals surface area contributed by atoms with Gasteiger partial charge in [0.2, 0.25) is 0 Å². The maximum absolute atomic E-state index is 9.23. The Kier molecular flexibility index (Phi) is 10.8. The normalized spacial score (nSPS) is 13.8. The fourth-order valence-corrected chi connectivity index (χ4v) is 2.55. The number of rotatable bonds is 12. The van der Waals surface area contributed by atoms with Gasteiger partial charge in [0.05, 0.1) is 6.10 Å². The fourth-order valence-electron chi connectivity index (χ4n) is 2.55. The van der Waals surface area contributed by atoms with Gasteiger partial charge in [-0.3, -0.25) is 0 Å². The van der Waals surface area contributed by atoms with Gasteiger partial charge in [0.15, 0.2) is 0 Å². The van der Waals surface area contributed by atoms with E-state index in [0.717, 1.165) is 6.42 Å². The SMILES string of the molecule is CCCCCCCCC(C)(C)CCCCC(C)O. The van der Waals surface area contributed by atoms with Gasteiger partial charge in [-0.2, -0.15) is 0 Å². The Morgan fingerprint density at radius 1 is 0.833 bits per heavy atom. The number of hydrogen-bond acceptors (Lipinski definition) is 1. The first-order valence-electron chi connectivity index (χ1n) is 8.16. The molecule has 0 radical (unpaired) electrons. The Bertz CT molecular complexity index is 172. The largest absolute Gasteiger partial charge is 0.393 e. The van der Waals surface area contributed by atoms with Crippen molar-refractivity contribution in [3.8, 4) is 0 Å². The molecule has 1 N–H and O–H groups in total. The highest BCUT2D eigenvalue weighted by atomic mass is 16.3. The minimum Gasteiger partial charge on any atom is -0.393 e. The van der Waals surface area contributed by atoms with E-state index in [1.807, 2.05) is 6.92 Å². The first kappa shape index (κ1) is 18.0. The van der Waals surface area contributed by atoms with Crippen LogP contribution < -0.4 is 0 Å². The molecular weight excluding hydrogens is 220 g/mol. The second-order valence-electron chi connectivity index (χ2n) is 6.78. The molecule has 0 saturated heterocycles. The minimum atomic E-state index is -0.119. The predicted molar refractivity (Wildman–Crippen MR) is 81.9 cm³/mol. The average molecular weight is 256 g/mol. The summed E-state index contributed by atoms with van der Waals surface area (Å²) < 4.78 is 0. The second kappa shape index (κ2) is 10.8. The third kappa shape index (κ3) is 12.4. The van der Waals surface area contributed by atoms with Crippen LogP contribution in [0.2, 0.25) is 0 Å². The van der Waals surface area contributed by atoms with Crippen molar-refractivity contribution >= 4 is 0 Å². The van der Waals surface area contributed by atoms with Gasteiger partial charge in [-0.1, -0.05) is 72.1 Å². The molecule has 0 heterocycles. The zero-order chi connectivity index (χ0) is 13.9. The van der Waals surface area contributed by atoms with Crippen LogP contribution in [0.4, 0.5) is 0 Å².